The van der Waals surface area contributed by atoms with Crippen molar-refractivity contribution < 1.29 is 14.7 Å². The number of urea groups is 1. The lowest BCUT2D eigenvalue weighted by Gasteiger charge is -2.29. The normalized spacial score (nSPS) is 20.0. The van der Waals surface area contributed by atoms with Gasteiger partial charge in [0.2, 0.25) is 0 Å². The number of imide groups is 1. The van der Waals surface area contributed by atoms with E-state index in [0.29, 0.717) is 0 Å². The van der Waals surface area contributed by atoms with Crippen molar-refractivity contribution in [2.75, 3.05) is 0 Å². The predicted octanol–water partition coefficient (Wildman–Crippen LogP) is 0.878. The Morgan fingerprint density at radius 2 is 1.76 bits per heavy atom. The van der Waals surface area contributed by atoms with E-state index in [-0.39, 0.29) is 11.7 Å². The summed E-state index contributed by atoms with van der Waals surface area (Å²) in [5, 5.41) is 14.0. The van der Waals surface area contributed by atoms with Gasteiger partial charge in [0.15, 0.2) is 0 Å². The van der Waals surface area contributed by atoms with Gasteiger partial charge in [-0.3, -0.25) is 10.1 Å². The van der Waals surface area contributed by atoms with Gasteiger partial charge in [0.25, 0.3) is 5.91 Å². The first-order valence-corrected chi connectivity index (χ1v) is 5.32. The van der Waals surface area contributed by atoms with Crippen LogP contribution in [0.25, 0.3) is 0 Å². The first kappa shape index (κ1) is 11.4. The van der Waals surface area contributed by atoms with Gasteiger partial charge < -0.3 is 10.4 Å². The molecule has 17 heavy (non-hydrogen) atoms. The molecule has 1 heterocycles. The molecule has 0 aliphatic carbocycles. The standard InChI is InChI=1S/C12H14N2O3/c1-12(2,7-3-5-8(15)6-4-7)9-10(16)14-11(17)13-9/h3-6,9,15H,1-2H3,(H2,13,14,16,17)/t9-/m1/s1. The van der Waals surface area contributed by atoms with Crippen molar-refractivity contribution in [2.45, 2.75) is 25.3 Å². The second-order valence-electron chi connectivity index (χ2n) is 4.66. The molecule has 0 bridgehead atoms. The first-order chi connectivity index (χ1) is 7.91. The molecule has 0 aromatic heterocycles. The molecule has 1 aromatic rings. The van der Waals surface area contributed by atoms with Crippen LogP contribution in [-0.2, 0) is 10.2 Å². The van der Waals surface area contributed by atoms with E-state index in [2.05, 4.69) is 10.6 Å². The van der Waals surface area contributed by atoms with Crippen LogP contribution >= 0.6 is 0 Å². The molecule has 5 nitrogen and oxygen atoms in total. The van der Waals surface area contributed by atoms with Crippen molar-refractivity contribution in [3.63, 3.8) is 0 Å². The zero-order valence-electron chi connectivity index (χ0n) is 9.65. The third-order valence-corrected chi connectivity index (χ3v) is 3.11. The van der Waals surface area contributed by atoms with Gasteiger partial charge in [-0.2, -0.15) is 0 Å². The van der Waals surface area contributed by atoms with Gasteiger partial charge in [-0.05, 0) is 17.7 Å². The van der Waals surface area contributed by atoms with E-state index in [1.54, 1.807) is 24.3 Å². The van der Waals surface area contributed by atoms with Crippen LogP contribution in [0.15, 0.2) is 24.3 Å². The van der Waals surface area contributed by atoms with Crippen LogP contribution in [0.1, 0.15) is 19.4 Å². The maximum absolute atomic E-state index is 11.6. The van der Waals surface area contributed by atoms with Crippen LogP contribution in [0, 0.1) is 0 Å². The lowest BCUT2D eigenvalue weighted by atomic mass is 9.77. The molecule has 3 N–H and O–H groups in total. The first-order valence-electron chi connectivity index (χ1n) is 5.32. The van der Waals surface area contributed by atoms with Crippen molar-refractivity contribution in [3.8, 4) is 5.75 Å². The maximum atomic E-state index is 11.6. The van der Waals surface area contributed by atoms with Crippen molar-refractivity contribution in [1.82, 2.24) is 10.6 Å². The van der Waals surface area contributed by atoms with Gasteiger partial charge in [-0.25, -0.2) is 4.79 Å². The Kier molecular flexibility index (Phi) is 2.53. The smallest absolute Gasteiger partial charge is 0.322 e. The van der Waals surface area contributed by atoms with Crippen molar-refractivity contribution in [1.29, 1.82) is 0 Å². The molecule has 0 radical (unpaired) electrons. The number of carbonyl (C=O) groups excluding carboxylic acids is 2. The molecule has 1 aromatic carbocycles. The van der Waals surface area contributed by atoms with E-state index in [1.807, 2.05) is 13.8 Å². The minimum Gasteiger partial charge on any atom is -0.508 e. The highest BCUT2D eigenvalue weighted by molar-refractivity contribution is 6.05. The highest BCUT2D eigenvalue weighted by Crippen LogP contribution is 2.29. The summed E-state index contributed by atoms with van der Waals surface area (Å²) in [5.74, 6) is -0.155. The van der Waals surface area contributed by atoms with Crippen molar-refractivity contribution in [2.24, 2.45) is 0 Å². The summed E-state index contributed by atoms with van der Waals surface area (Å²) in [6.07, 6.45) is 0. The summed E-state index contributed by atoms with van der Waals surface area (Å²) in [7, 11) is 0. The van der Waals surface area contributed by atoms with Gasteiger partial charge in [0.05, 0.1) is 0 Å². The van der Waals surface area contributed by atoms with Gasteiger partial charge in [0, 0.05) is 5.41 Å². The molecular formula is C12H14N2O3. The van der Waals surface area contributed by atoms with Crippen LogP contribution in [0.5, 0.6) is 5.75 Å². The van der Waals surface area contributed by atoms with Gasteiger partial charge in [0.1, 0.15) is 11.8 Å². The Hall–Kier alpha value is -2.04. The van der Waals surface area contributed by atoms with Crippen LogP contribution in [0.4, 0.5) is 4.79 Å². The predicted molar refractivity (Wildman–Crippen MR) is 61.6 cm³/mol. The fourth-order valence-electron chi connectivity index (χ4n) is 1.98. The van der Waals surface area contributed by atoms with Crippen molar-refractivity contribution >= 4 is 11.9 Å². The largest absolute Gasteiger partial charge is 0.508 e. The fraction of sp³-hybridized carbons (Fsp3) is 0.333. The summed E-state index contributed by atoms with van der Waals surface area (Å²) in [4.78, 5) is 22.7. The van der Waals surface area contributed by atoms with Gasteiger partial charge in [-0.15, -0.1) is 0 Å². The number of phenols is 1. The number of aromatic hydroxyl groups is 1. The molecule has 1 atom stereocenters. The molecule has 1 aliphatic heterocycles. The number of nitrogens with one attached hydrogen (secondary N) is 2. The zero-order valence-corrected chi connectivity index (χ0v) is 9.65. The molecule has 1 aliphatic rings. The Labute approximate surface area is 98.8 Å². The maximum Gasteiger partial charge on any atom is 0.322 e. The highest BCUT2D eigenvalue weighted by Gasteiger charge is 2.42. The number of rotatable bonds is 2. The van der Waals surface area contributed by atoms with Crippen LogP contribution in [0.2, 0.25) is 0 Å². The summed E-state index contributed by atoms with van der Waals surface area (Å²) >= 11 is 0. The topological polar surface area (TPSA) is 78.4 Å². The fourth-order valence-corrected chi connectivity index (χ4v) is 1.98. The Balaban J connectivity index is 2.32. The highest BCUT2D eigenvalue weighted by atomic mass is 16.3. The van der Waals surface area contributed by atoms with Crippen LogP contribution < -0.4 is 10.6 Å². The van der Waals surface area contributed by atoms with Crippen LogP contribution in [0.3, 0.4) is 0 Å². The van der Waals surface area contributed by atoms with E-state index in [1.165, 1.54) is 0 Å². The Morgan fingerprint density at radius 3 is 2.24 bits per heavy atom. The monoisotopic (exact) mass is 234 g/mol. The molecule has 2 rings (SSSR count). The number of phenolic OH excluding ortho intramolecular Hbond substituents is 1. The van der Waals surface area contributed by atoms with Gasteiger partial charge >= 0.3 is 6.03 Å². The summed E-state index contributed by atoms with van der Waals surface area (Å²) in [5.41, 5.74) is 0.335. The molecule has 5 heteroatoms. The number of carbonyl (C=O) groups is 2. The molecule has 0 spiro atoms. The SMILES string of the molecule is CC(C)(c1ccc(O)cc1)[C@@H]1NC(=O)NC1=O. The molecule has 3 amide bonds. The molecule has 1 fully saturated rings. The third-order valence-electron chi connectivity index (χ3n) is 3.11. The second kappa shape index (κ2) is 3.76. The zero-order chi connectivity index (χ0) is 12.6. The summed E-state index contributed by atoms with van der Waals surface area (Å²) in [6.45, 7) is 3.74. The Bertz CT molecular complexity index is 465. The van der Waals surface area contributed by atoms with E-state index in [0.717, 1.165) is 5.56 Å². The quantitative estimate of drug-likeness (QED) is 0.664. The third kappa shape index (κ3) is 1.95. The van der Waals surface area contributed by atoms with E-state index < -0.39 is 17.5 Å². The lowest BCUT2D eigenvalue weighted by molar-refractivity contribution is -0.121. The number of hydrogen-bond acceptors (Lipinski definition) is 3. The van der Waals surface area contributed by atoms with Crippen molar-refractivity contribution in [3.05, 3.63) is 29.8 Å². The van der Waals surface area contributed by atoms with Crippen LogP contribution in [-0.4, -0.2) is 23.1 Å². The number of benzene rings is 1. The molecule has 1 saturated heterocycles. The molecule has 90 valence electrons. The average molecular weight is 234 g/mol. The van der Waals surface area contributed by atoms with E-state index >= 15 is 0 Å². The molecule has 0 unspecified atom stereocenters. The van der Waals surface area contributed by atoms with Gasteiger partial charge in [-0.1, -0.05) is 26.0 Å². The molecule has 0 saturated carbocycles. The minimum atomic E-state index is -0.598. The number of amides is 3. The average Bonchev–Trinajstić information content (AvgIpc) is 2.59. The lowest BCUT2D eigenvalue weighted by Crippen LogP contribution is -2.45. The molecular weight excluding hydrogens is 220 g/mol. The Morgan fingerprint density at radius 1 is 1.18 bits per heavy atom. The van der Waals surface area contributed by atoms with E-state index in [9.17, 15) is 14.7 Å². The minimum absolute atomic E-state index is 0.171. The van der Waals surface area contributed by atoms with E-state index in [4.69, 9.17) is 0 Å². The summed E-state index contributed by atoms with van der Waals surface area (Å²) in [6, 6.07) is 5.55. The second-order valence-corrected chi connectivity index (χ2v) is 4.66. The number of hydrogen-bond donors (Lipinski definition) is 3. The summed E-state index contributed by atoms with van der Waals surface area (Å²) < 4.78 is 0.